The summed E-state index contributed by atoms with van der Waals surface area (Å²) >= 11 is 5.81. The minimum Gasteiger partial charge on any atom is -0.463 e. The summed E-state index contributed by atoms with van der Waals surface area (Å²) in [5.74, 6) is 0.530. The Bertz CT molecular complexity index is 573. The lowest BCUT2D eigenvalue weighted by atomic mass is 10.4. The number of hydrogen-bond acceptors (Lipinski definition) is 6. The predicted molar refractivity (Wildman–Crippen MR) is 73.3 cm³/mol. The minimum absolute atomic E-state index is 0.0253. The molecular formula is C12H16ClN5O2. The van der Waals surface area contributed by atoms with Crippen molar-refractivity contribution in [2.75, 3.05) is 6.61 Å². The van der Waals surface area contributed by atoms with Crippen LogP contribution in [0.2, 0.25) is 5.28 Å². The molecule has 0 saturated heterocycles. The Morgan fingerprint density at radius 3 is 2.65 bits per heavy atom. The first-order chi connectivity index (χ1) is 9.58. The van der Waals surface area contributed by atoms with E-state index in [4.69, 9.17) is 21.1 Å². The zero-order chi connectivity index (χ0) is 14.5. The molecule has 0 aromatic carbocycles. The van der Waals surface area contributed by atoms with Crippen molar-refractivity contribution in [3.63, 3.8) is 0 Å². The molecule has 2 rings (SSSR count). The summed E-state index contributed by atoms with van der Waals surface area (Å²) in [6.45, 7) is 6.53. The van der Waals surface area contributed by atoms with Gasteiger partial charge in [-0.2, -0.15) is 15.1 Å². The molecular weight excluding hydrogens is 282 g/mol. The van der Waals surface area contributed by atoms with Crippen LogP contribution in [-0.2, 0) is 0 Å². The summed E-state index contributed by atoms with van der Waals surface area (Å²) in [6.07, 6.45) is 4.19. The topological polar surface area (TPSA) is 75.0 Å². The molecule has 2 heterocycles. The first-order valence-electron chi connectivity index (χ1n) is 6.35. The van der Waals surface area contributed by atoms with Crippen LogP contribution in [0.3, 0.4) is 0 Å². The van der Waals surface area contributed by atoms with E-state index in [1.807, 2.05) is 20.8 Å². The van der Waals surface area contributed by atoms with Crippen LogP contribution in [0.4, 0.5) is 0 Å². The lowest BCUT2D eigenvalue weighted by Crippen LogP contribution is -2.03. The van der Waals surface area contributed by atoms with Crippen LogP contribution in [0.15, 0.2) is 12.4 Å². The Hall–Kier alpha value is -1.89. The summed E-state index contributed by atoms with van der Waals surface area (Å²) in [6, 6.07) is 0.482. The van der Waals surface area contributed by atoms with Gasteiger partial charge in [-0.25, -0.2) is 0 Å². The van der Waals surface area contributed by atoms with E-state index in [0.29, 0.717) is 12.4 Å². The lowest BCUT2D eigenvalue weighted by molar-refractivity contribution is 0.284. The predicted octanol–water partition coefficient (Wildman–Crippen LogP) is 2.88. The molecule has 0 unspecified atom stereocenters. The standard InChI is InChI=1S/C12H16ClN5O2/c1-4-5-19-11-15-10(13)16-12(17-11)20-9-6-14-18(7-9)8(2)3/h6-8H,4-5H2,1-3H3. The molecule has 108 valence electrons. The Labute approximate surface area is 121 Å². The van der Waals surface area contributed by atoms with Crippen LogP contribution in [-0.4, -0.2) is 31.3 Å². The Morgan fingerprint density at radius 2 is 2.00 bits per heavy atom. The van der Waals surface area contributed by atoms with Gasteiger partial charge in [0.1, 0.15) is 0 Å². The van der Waals surface area contributed by atoms with Crippen LogP contribution in [0.5, 0.6) is 17.8 Å². The molecule has 0 radical (unpaired) electrons. The number of aromatic nitrogens is 5. The highest BCUT2D eigenvalue weighted by atomic mass is 35.5. The summed E-state index contributed by atoms with van der Waals surface area (Å²) in [5, 5.41) is 4.19. The largest absolute Gasteiger partial charge is 0.463 e. The summed E-state index contributed by atoms with van der Waals surface area (Å²) in [4.78, 5) is 11.8. The SMILES string of the molecule is CCCOc1nc(Cl)nc(Oc2cnn(C(C)C)c2)n1. The second-order valence-electron chi connectivity index (χ2n) is 4.37. The highest BCUT2D eigenvalue weighted by Crippen LogP contribution is 2.21. The molecule has 8 heteroatoms. The Morgan fingerprint density at radius 1 is 1.25 bits per heavy atom. The maximum atomic E-state index is 5.81. The molecule has 2 aromatic rings. The van der Waals surface area contributed by atoms with E-state index in [1.165, 1.54) is 0 Å². The second kappa shape index (κ2) is 6.51. The molecule has 7 nitrogen and oxygen atoms in total. The molecule has 0 amide bonds. The molecule has 20 heavy (non-hydrogen) atoms. The average molecular weight is 298 g/mol. The monoisotopic (exact) mass is 297 g/mol. The molecule has 0 spiro atoms. The normalized spacial score (nSPS) is 10.8. The van der Waals surface area contributed by atoms with Crippen LogP contribution in [0, 0.1) is 0 Å². The zero-order valence-electron chi connectivity index (χ0n) is 11.6. The molecule has 0 aliphatic rings. The highest BCUT2D eigenvalue weighted by Gasteiger charge is 2.10. The van der Waals surface area contributed by atoms with Gasteiger partial charge in [0.2, 0.25) is 5.28 Å². The van der Waals surface area contributed by atoms with Crippen molar-refractivity contribution in [2.45, 2.75) is 33.2 Å². The number of halogens is 1. The number of rotatable bonds is 6. The van der Waals surface area contributed by atoms with E-state index in [2.05, 4.69) is 20.1 Å². The van der Waals surface area contributed by atoms with Gasteiger partial charge in [0.15, 0.2) is 5.75 Å². The Balaban J connectivity index is 2.13. The van der Waals surface area contributed by atoms with Crippen molar-refractivity contribution in [1.82, 2.24) is 24.7 Å². The van der Waals surface area contributed by atoms with Gasteiger partial charge < -0.3 is 9.47 Å². The zero-order valence-corrected chi connectivity index (χ0v) is 12.3. The van der Waals surface area contributed by atoms with Gasteiger partial charge in [0.25, 0.3) is 0 Å². The van der Waals surface area contributed by atoms with Gasteiger partial charge in [0, 0.05) is 6.04 Å². The molecule has 2 aromatic heterocycles. The minimum atomic E-state index is 0.0253. The third-order valence-electron chi connectivity index (χ3n) is 2.32. The number of hydrogen-bond donors (Lipinski definition) is 0. The van der Waals surface area contributed by atoms with E-state index >= 15 is 0 Å². The van der Waals surface area contributed by atoms with Crippen molar-refractivity contribution < 1.29 is 9.47 Å². The van der Waals surface area contributed by atoms with Gasteiger partial charge in [-0.1, -0.05) is 6.92 Å². The molecule has 0 atom stereocenters. The van der Waals surface area contributed by atoms with E-state index in [0.717, 1.165) is 6.42 Å². The third kappa shape index (κ3) is 3.80. The molecule has 0 N–H and O–H groups in total. The van der Waals surface area contributed by atoms with E-state index in [-0.39, 0.29) is 23.3 Å². The summed E-state index contributed by atoms with van der Waals surface area (Å²) in [5.41, 5.74) is 0. The fraction of sp³-hybridized carbons (Fsp3) is 0.500. The van der Waals surface area contributed by atoms with Crippen molar-refractivity contribution in [1.29, 1.82) is 0 Å². The van der Waals surface area contributed by atoms with Crippen LogP contribution < -0.4 is 9.47 Å². The fourth-order valence-corrected chi connectivity index (χ4v) is 1.52. The average Bonchev–Trinajstić information content (AvgIpc) is 2.84. The van der Waals surface area contributed by atoms with Crippen LogP contribution >= 0.6 is 11.6 Å². The van der Waals surface area contributed by atoms with Gasteiger partial charge in [-0.15, -0.1) is 4.98 Å². The molecule has 0 fully saturated rings. The summed E-state index contributed by atoms with van der Waals surface area (Å²) in [7, 11) is 0. The van der Waals surface area contributed by atoms with Crippen molar-refractivity contribution in [3.8, 4) is 17.8 Å². The van der Waals surface area contributed by atoms with Crippen LogP contribution in [0.25, 0.3) is 0 Å². The van der Waals surface area contributed by atoms with E-state index in [1.54, 1.807) is 17.1 Å². The van der Waals surface area contributed by atoms with Crippen molar-refractivity contribution in [2.24, 2.45) is 0 Å². The lowest BCUT2D eigenvalue weighted by Gasteiger charge is -2.05. The van der Waals surface area contributed by atoms with Crippen LogP contribution in [0.1, 0.15) is 33.2 Å². The summed E-state index contributed by atoms with van der Waals surface area (Å²) < 4.78 is 12.6. The number of ether oxygens (including phenoxy) is 2. The van der Waals surface area contributed by atoms with Gasteiger partial charge in [-0.05, 0) is 31.9 Å². The van der Waals surface area contributed by atoms with E-state index in [9.17, 15) is 0 Å². The molecule has 0 aliphatic carbocycles. The van der Waals surface area contributed by atoms with Crippen molar-refractivity contribution in [3.05, 3.63) is 17.7 Å². The number of nitrogens with zero attached hydrogens (tertiary/aromatic N) is 5. The first-order valence-corrected chi connectivity index (χ1v) is 6.72. The molecule has 0 saturated carbocycles. The first kappa shape index (κ1) is 14.5. The Kier molecular flexibility index (Phi) is 4.73. The fourth-order valence-electron chi connectivity index (χ4n) is 1.38. The van der Waals surface area contributed by atoms with Gasteiger partial charge >= 0.3 is 12.0 Å². The smallest absolute Gasteiger partial charge is 0.329 e. The quantitative estimate of drug-likeness (QED) is 0.816. The van der Waals surface area contributed by atoms with Crippen molar-refractivity contribution >= 4 is 11.6 Å². The maximum absolute atomic E-state index is 5.81. The third-order valence-corrected chi connectivity index (χ3v) is 2.49. The molecule has 0 bridgehead atoms. The van der Waals surface area contributed by atoms with Gasteiger partial charge in [-0.3, -0.25) is 4.68 Å². The molecule has 0 aliphatic heterocycles. The highest BCUT2D eigenvalue weighted by molar-refractivity contribution is 6.28. The maximum Gasteiger partial charge on any atom is 0.329 e. The van der Waals surface area contributed by atoms with E-state index < -0.39 is 0 Å². The van der Waals surface area contributed by atoms with Gasteiger partial charge in [0.05, 0.1) is 19.0 Å². The second-order valence-corrected chi connectivity index (χ2v) is 4.71.